The molecular formula is C12H12ClN3O. The van der Waals surface area contributed by atoms with Crippen LogP contribution in [0.5, 0.6) is 0 Å². The number of benzene rings is 1. The third-order valence-electron chi connectivity index (χ3n) is 2.56. The molecule has 5 heteroatoms. The summed E-state index contributed by atoms with van der Waals surface area (Å²) in [4.78, 5) is 16.1. The number of anilines is 1. The molecule has 0 radical (unpaired) electrons. The average molecular weight is 250 g/mol. The van der Waals surface area contributed by atoms with Crippen molar-refractivity contribution < 1.29 is 4.79 Å². The predicted molar refractivity (Wildman–Crippen MR) is 67.1 cm³/mol. The summed E-state index contributed by atoms with van der Waals surface area (Å²) >= 11 is 5.80. The zero-order chi connectivity index (χ0) is 12.4. The van der Waals surface area contributed by atoms with E-state index in [0.29, 0.717) is 16.3 Å². The highest BCUT2D eigenvalue weighted by atomic mass is 35.5. The van der Waals surface area contributed by atoms with E-state index in [1.807, 2.05) is 11.6 Å². The maximum atomic E-state index is 12.0. The molecule has 0 saturated carbocycles. The van der Waals surface area contributed by atoms with Gasteiger partial charge < -0.3 is 10.3 Å². The molecule has 0 bridgehead atoms. The summed E-state index contributed by atoms with van der Waals surface area (Å²) in [6.45, 7) is 0. The molecule has 2 aromatic rings. The first-order valence-electron chi connectivity index (χ1n) is 5.12. The van der Waals surface area contributed by atoms with Crippen molar-refractivity contribution in [3.63, 3.8) is 0 Å². The first-order chi connectivity index (χ1) is 8.08. The van der Waals surface area contributed by atoms with Crippen LogP contribution >= 0.6 is 11.6 Å². The summed E-state index contributed by atoms with van der Waals surface area (Å²) in [5, 5.41) is 0.457. The molecule has 0 saturated heterocycles. The fourth-order valence-electron chi connectivity index (χ4n) is 1.53. The van der Waals surface area contributed by atoms with Crippen LogP contribution in [0.2, 0.25) is 5.02 Å². The molecule has 2 rings (SSSR count). The van der Waals surface area contributed by atoms with Crippen molar-refractivity contribution in [2.45, 2.75) is 6.42 Å². The van der Waals surface area contributed by atoms with Crippen molar-refractivity contribution in [3.8, 4) is 0 Å². The van der Waals surface area contributed by atoms with Crippen molar-refractivity contribution >= 4 is 23.1 Å². The molecule has 0 amide bonds. The smallest absolute Gasteiger partial charge is 0.170 e. The largest absolute Gasteiger partial charge is 0.398 e. The molecule has 0 aliphatic rings. The number of carbonyl (C=O) groups is 1. The minimum absolute atomic E-state index is 0.0253. The molecule has 17 heavy (non-hydrogen) atoms. The van der Waals surface area contributed by atoms with E-state index in [1.165, 1.54) is 0 Å². The van der Waals surface area contributed by atoms with E-state index in [4.69, 9.17) is 17.3 Å². The number of nitrogens with zero attached hydrogens (tertiary/aromatic N) is 2. The van der Waals surface area contributed by atoms with E-state index in [0.717, 1.165) is 5.82 Å². The van der Waals surface area contributed by atoms with E-state index < -0.39 is 0 Å². The summed E-state index contributed by atoms with van der Waals surface area (Å²) in [6.07, 6.45) is 3.72. The second-order valence-electron chi connectivity index (χ2n) is 3.79. The van der Waals surface area contributed by atoms with Gasteiger partial charge in [0.2, 0.25) is 0 Å². The lowest BCUT2D eigenvalue weighted by atomic mass is 10.1. The molecule has 2 N–H and O–H groups in total. The van der Waals surface area contributed by atoms with E-state index in [9.17, 15) is 4.79 Å². The molecule has 1 aromatic heterocycles. The van der Waals surface area contributed by atoms with E-state index in [1.54, 1.807) is 30.6 Å². The van der Waals surface area contributed by atoms with Crippen molar-refractivity contribution in [1.29, 1.82) is 0 Å². The Morgan fingerprint density at radius 2 is 2.29 bits per heavy atom. The Labute approximate surface area is 104 Å². The van der Waals surface area contributed by atoms with Crippen LogP contribution in [0.3, 0.4) is 0 Å². The molecule has 0 spiro atoms. The lowest BCUT2D eigenvalue weighted by molar-refractivity contribution is 0.0990. The van der Waals surface area contributed by atoms with Gasteiger partial charge in [-0.05, 0) is 18.2 Å². The molecular weight excluding hydrogens is 238 g/mol. The average Bonchev–Trinajstić information content (AvgIpc) is 2.68. The number of halogens is 1. The van der Waals surface area contributed by atoms with Gasteiger partial charge in [0.05, 0.1) is 17.1 Å². The number of Topliss-reactive ketones (excluding diaryl/α,β-unsaturated/α-hetero) is 1. The fraction of sp³-hybridized carbons (Fsp3) is 0.167. The third-order valence-corrected chi connectivity index (χ3v) is 2.90. The molecule has 0 fully saturated rings. The highest BCUT2D eigenvalue weighted by Gasteiger charge is 2.11. The van der Waals surface area contributed by atoms with Gasteiger partial charge in [0.25, 0.3) is 0 Å². The normalized spacial score (nSPS) is 10.5. The fourth-order valence-corrected chi connectivity index (χ4v) is 1.65. The number of hydrogen-bond acceptors (Lipinski definition) is 3. The zero-order valence-electron chi connectivity index (χ0n) is 9.35. The number of aryl methyl sites for hydroxylation is 1. The quantitative estimate of drug-likeness (QED) is 0.669. The molecule has 1 aromatic carbocycles. The van der Waals surface area contributed by atoms with E-state index in [-0.39, 0.29) is 12.2 Å². The van der Waals surface area contributed by atoms with Gasteiger partial charge in [-0.3, -0.25) is 4.79 Å². The van der Waals surface area contributed by atoms with Gasteiger partial charge in [-0.2, -0.15) is 0 Å². The number of carbonyl (C=O) groups excluding carboxylic acids is 1. The lowest BCUT2D eigenvalue weighted by Crippen LogP contribution is -2.08. The SMILES string of the molecule is Cn1ccnc1CC(=O)c1ccc(Cl)c(N)c1. The Kier molecular flexibility index (Phi) is 3.15. The maximum absolute atomic E-state index is 12.0. The Morgan fingerprint density at radius 1 is 1.53 bits per heavy atom. The van der Waals surface area contributed by atoms with E-state index in [2.05, 4.69) is 4.98 Å². The highest BCUT2D eigenvalue weighted by Crippen LogP contribution is 2.20. The van der Waals surface area contributed by atoms with Gasteiger partial charge in [0, 0.05) is 25.0 Å². The summed E-state index contributed by atoms with van der Waals surface area (Å²) in [7, 11) is 1.85. The number of aromatic nitrogens is 2. The van der Waals surface area contributed by atoms with Crippen molar-refractivity contribution in [2.24, 2.45) is 7.05 Å². The lowest BCUT2D eigenvalue weighted by Gasteiger charge is -2.04. The van der Waals surface area contributed by atoms with Crippen LogP contribution in [0, 0.1) is 0 Å². The molecule has 4 nitrogen and oxygen atoms in total. The third kappa shape index (κ3) is 2.47. The van der Waals surface area contributed by atoms with Crippen LogP contribution in [-0.4, -0.2) is 15.3 Å². The standard InChI is InChI=1S/C12H12ClN3O/c1-16-5-4-15-12(16)7-11(17)8-2-3-9(13)10(14)6-8/h2-6H,7,14H2,1H3. The van der Waals surface area contributed by atoms with Gasteiger partial charge in [0.1, 0.15) is 5.82 Å². The molecule has 0 aliphatic heterocycles. The molecule has 0 atom stereocenters. The van der Waals surface area contributed by atoms with Crippen molar-refractivity contribution in [3.05, 3.63) is 47.0 Å². The van der Waals surface area contributed by atoms with Crippen LogP contribution in [-0.2, 0) is 13.5 Å². The van der Waals surface area contributed by atoms with Crippen LogP contribution in [0.15, 0.2) is 30.6 Å². The Morgan fingerprint density at radius 3 is 2.88 bits per heavy atom. The first kappa shape index (κ1) is 11.7. The number of imidazole rings is 1. The second-order valence-corrected chi connectivity index (χ2v) is 4.20. The summed E-state index contributed by atoms with van der Waals surface area (Å²) < 4.78 is 1.82. The molecule has 88 valence electrons. The minimum atomic E-state index is -0.0253. The predicted octanol–water partition coefficient (Wildman–Crippen LogP) is 2.08. The van der Waals surface area contributed by atoms with Gasteiger partial charge in [-0.1, -0.05) is 11.6 Å². The van der Waals surface area contributed by atoms with Gasteiger partial charge in [0.15, 0.2) is 5.78 Å². The number of ketones is 1. The first-order valence-corrected chi connectivity index (χ1v) is 5.50. The van der Waals surface area contributed by atoms with Crippen LogP contribution in [0.25, 0.3) is 0 Å². The van der Waals surface area contributed by atoms with Crippen molar-refractivity contribution in [1.82, 2.24) is 9.55 Å². The second kappa shape index (κ2) is 4.59. The highest BCUT2D eigenvalue weighted by molar-refractivity contribution is 6.33. The van der Waals surface area contributed by atoms with Crippen LogP contribution < -0.4 is 5.73 Å². The number of hydrogen-bond donors (Lipinski definition) is 1. The summed E-state index contributed by atoms with van der Waals surface area (Å²) in [6, 6.07) is 4.89. The number of nitrogens with two attached hydrogens (primary N) is 1. The monoisotopic (exact) mass is 249 g/mol. The Bertz CT molecular complexity index is 563. The van der Waals surface area contributed by atoms with Crippen molar-refractivity contribution in [2.75, 3.05) is 5.73 Å². The van der Waals surface area contributed by atoms with Gasteiger partial charge in [-0.15, -0.1) is 0 Å². The summed E-state index contributed by atoms with van der Waals surface area (Å²) in [5.74, 6) is 0.700. The van der Waals surface area contributed by atoms with Gasteiger partial charge in [-0.25, -0.2) is 4.98 Å². The molecule has 1 heterocycles. The number of nitrogen functional groups attached to an aromatic ring is 1. The summed E-state index contributed by atoms with van der Waals surface area (Å²) in [5.41, 5.74) is 6.62. The molecule has 0 aliphatic carbocycles. The topological polar surface area (TPSA) is 60.9 Å². The maximum Gasteiger partial charge on any atom is 0.170 e. The number of rotatable bonds is 3. The Hall–Kier alpha value is -1.81. The molecule has 0 unspecified atom stereocenters. The zero-order valence-corrected chi connectivity index (χ0v) is 10.1. The van der Waals surface area contributed by atoms with Crippen LogP contribution in [0.1, 0.15) is 16.2 Å². The van der Waals surface area contributed by atoms with Crippen LogP contribution in [0.4, 0.5) is 5.69 Å². The Balaban J connectivity index is 2.20. The van der Waals surface area contributed by atoms with Gasteiger partial charge >= 0.3 is 0 Å². The minimum Gasteiger partial charge on any atom is -0.398 e. The van der Waals surface area contributed by atoms with E-state index >= 15 is 0 Å².